The lowest BCUT2D eigenvalue weighted by Crippen LogP contribution is -2.21. The van der Waals surface area contributed by atoms with Crippen molar-refractivity contribution in [1.29, 1.82) is 5.26 Å². The van der Waals surface area contributed by atoms with Gasteiger partial charge < -0.3 is 5.32 Å². The second kappa shape index (κ2) is 5.02. The summed E-state index contributed by atoms with van der Waals surface area (Å²) in [6, 6.07) is 9.93. The van der Waals surface area contributed by atoms with Crippen LogP contribution in [0.4, 0.5) is 5.82 Å². The Morgan fingerprint density at radius 1 is 1.55 bits per heavy atom. The minimum Gasteiger partial charge on any atom is -0.308 e. The van der Waals surface area contributed by atoms with Gasteiger partial charge in [0.25, 0.3) is 0 Å². The molecule has 1 aliphatic heterocycles. The molecule has 100 valence electrons. The van der Waals surface area contributed by atoms with Crippen molar-refractivity contribution in [3.05, 3.63) is 41.6 Å². The van der Waals surface area contributed by atoms with Gasteiger partial charge in [-0.1, -0.05) is 18.2 Å². The fraction of sp³-hybridized carbons (Fsp3) is 0.214. The Hall–Kier alpha value is -2.26. The summed E-state index contributed by atoms with van der Waals surface area (Å²) in [6.07, 6.45) is 1.59. The molecule has 20 heavy (non-hydrogen) atoms. The molecule has 1 atom stereocenters. The molecule has 2 heterocycles. The van der Waals surface area contributed by atoms with Gasteiger partial charge in [-0.25, -0.2) is 0 Å². The number of hydrogen-bond donors (Lipinski definition) is 1. The molecule has 1 unspecified atom stereocenters. The van der Waals surface area contributed by atoms with E-state index in [0.29, 0.717) is 11.4 Å². The Balaban J connectivity index is 1.83. The second-order valence-corrected chi connectivity index (χ2v) is 5.63. The van der Waals surface area contributed by atoms with Crippen LogP contribution in [0.2, 0.25) is 0 Å². The van der Waals surface area contributed by atoms with Gasteiger partial charge in [-0.2, -0.15) is 10.4 Å². The summed E-state index contributed by atoms with van der Waals surface area (Å²) in [4.78, 5) is 13.5. The summed E-state index contributed by atoms with van der Waals surface area (Å²) in [7, 11) is 1.72. The van der Waals surface area contributed by atoms with Crippen LogP contribution in [0.5, 0.6) is 0 Å². The van der Waals surface area contributed by atoms with Gasteiger partial charge in [0.05, 0.1) is 5.92 Å². The van der Waals surface area contributed by atoms with E-state index >= 15 is 0 Å². The van der Waals surface area contributed by atoms with Crippen molar-refractivity contribution in [2.24, 2.45) is 7.05 Å². The zero-order valence-electron chi connectivity index (χ0n) is 10.8. The number of hydrogen-bond acceptors (Lipinski definition) is 4. The van der Waals surface area contributed by atoms with E-state index in [4.69, 9.17) is 5.26 Å². The second-order valence-electron chi connectivity index (χ2n) is 4.57. The highest BCUT2D eigenvalue weighted by Crippen LogP contribution is 2.39. The van der Waals surface area contributed by atoms with Crippen LogP contribution in [0.25, 0.3) is 0 Å². The molecule has 1 aromatic heterocycles. The van der Waals surface area contributed by atoms with E-state index in [-0.39, 0.29) is 11.8 Å². The summed E-state index contributed by atoms with van der Waals surface area (Å²) < 4.78 is 1.52. The molecule has 1 amide bonds. The topological polar surface area (TPSA) is 70.7 Å². The first-order valence-electron chi connectivity index (χ1n) is 6.15. The number of fused-ring (bicyclic) bond motifs is 1. The van der Waals surface area contributed by atoms with Crippen LogP contribution in [-0.2, 0) is 11.8 Å². The van der Waals surface area contributed by atoms with Crippen molar-refractivity contribution in [1.82, 2.24) is 9.78 Å². The number of nitrogens with one attached hydrogen (secondary N) is 1. The summed E-state index contributed by atoms with van der Waals surface area (Å²) >= 11 is 1.68. The van der Waals surface area contributed by atoms with Crippen LogP contribution in [-0.4, -0.2) is 21.4 Å². The van der Waals surface area contributed by atoms with Gasteiger partial charge in [-0.15, -0.1) is 11.8 Å². The van der Waals surface area contributed by atoms with E-state index < -0.39 is 0 Å². The first kappa shape index (κ1) is 12.8. The number of benzene rings is 1. The standard InChI is InChI=1S/C14H12N4OS/c1-18-7-9(6-15)13(17-18)16-14(19)11-8-20-12-5-3-2-4-10(11)12/h2-5,7,11H,8H2,1H3,(H,16,17,19). The number of aromatic nitrogens is 2. The van der Waals surface area contributed by atoms with Crippen LogP contribution in [0.1, 0.15) is 17.0 Å². The lowest BCUT2D eigenvalue weighted by Gasteiger charge is -2.10. The van der Waals surface area contributed by atoms with Gasteiger partial charge >= 0.3 is 0 Å². The predicted molar refractivity (Wildman–Crippen MR) is 76.5 cm³/mol. The maximum atomic E-state index is 12.4. The molecular formula is C14H12N4OS. The van der Waals surface area contributed by atoms with Crippen LogP contribution in [0.3, 0.4) is 0 Å². The molecule has 0 radical (unpaired) electrons. The fourth-order valence-corrected chi connectivity index (χ4v) is 3.47. The van der Waals surface area contributed by atoms with Gasteiger partial charge in [-0.3, -0.25) is 9.48 Å². The van der Waals surface area contributed by atoms with Crippen LogP contribution < -0.4 is 5.32 Å². The zero-order valence-corrected chi connectivity index (χ0v) is 11.6. The SMILES string of the molecule is Cn1cc(C#N)c(NC(=O)C2CSc3ccccc32)n1. The van der Waals surface area contributed by atoms with E-state index in [1.165, 1.54) is 4.68 Å². The first-order valence-corrected chi connectivity index (χ1v) is 7.14. The zero-order chi connectivity index (χ0) is 14.1. The quantitative estimate of drug-likeness (QED) is 0.917. The Morgan fingerprint density at radius 2 is 2.35 bits per heavy atom. The molecule has 0 bridgehead atoms. The summed E-state index contributed by atoms with van der Waals surface area (Å²) in [5, 5.41) is 15.9. The molecular weight excluding hydrogens is 272 g/mol. The van der Waals surface area contributed by atoms with E-state index in [1.807, 2.05) is 30.3 Å². The Bertz CT molecular complexity index is 716. The molecule has 1 aromatic carbocycles. The molecule has 6 heteroatoms. The van der Waals surface area contributed by atoms with E-state index in [0.717, 1.165) is 16.2 Å². The molecule has 0 aliphatic carbocycles. The predicted octanol–water partition coefficient (Wildman–Crippen LogP) is 2.12. The molecule has 0 saturated carbocycles. The number of nitriles is 1. The van der Waals surface area contributed by atoms with Crippen molar-refractivity contribution < 1.29 is 4.79 Å². The molecule has 0 spiro atoms. The number of anilines is 1. The van der Waals surface area contributed by atoms with E-state index in [9.17, 15) is 4.79 Å². The average molecular weight is 284 g/mol. The Kier molecular flexibility index (Phi) is 3.20. The number of aryl methyl sites for hydroxylation is 1. The van der Waals surface area contributed by atoms with Gasteiger partial charge in [0.1, 0.15) is 11.6 Å². The molecule has 1 aliphatic rings. The molecule has 0 saturated heterocycles. The van der Waals surface area contributed by atoms with Crippen molar-refractivity contribution in [3.63, 3.8) is 0 Å². The van der Waals surface area contributed by atoms with Crippen LogP contribution in [0, 0.1) is 11.3 Å². The first-order chi connectivity index (χ1) is 9.69. The molecule has 5 nitrogen and oxygen atoms in total. The average Bonchev–Trinajstić information content (AvgIpc) is 3.02. The lowest BCUT2D eigenvalue weighted by molar-refractivity contribution is -0.117. The monoisotopic (exact) mass is 284 g/mol. The third-order valence-electron chi connectivity index (χ3n) is 3.21. The van der Waals surface area contributed by atoms with Gasteiger partial charge in [0, 0.05) is 23.9 Å². The summed E-state index contributed by atoms with van der Waals surface area (Å²) in [6.45, 7) is 0. The minimum absolute atomic E-state index is 0.113. The molecule has 0 fully saturated rings. The highest BCUT2D eigenvalue weighted by Gasteiger charge is 2.29. The maximum absolute atomic E-state index is 12.4. The van der Waals surface area contributed by atoms with Crippen LogP contribution >= 0.6 is 11.8 Å². The van der Waals surface area contributed by atoms with Crippen molar-refractivity contribution in [2.45, 2.75) is 10.8 Å². The largest absolute Gasteiger partial charge is 0.308 e. The van der Waals surface area contributed by atoms with E-state index in [2.05, 4.69) is 10.4 Å². The third-order valence-corrected chi connectivity index (χ3v) is 4.39. The summed E-state index contributed by atoms with van der Waals surface area (Å²) in [5.74, 6) is 0.747. The fourth-order valence-electron chi connectivity index (χ4n) is 2.25. The van der Waals surface area contributed by atoms with Crippen molar-refractivity contribution in [2.75, 3.05) is 11.1 Å². The highest BCUT2D eigenvalue weighted by molar-refractivity contribution is 7.99. The molecule has 2 aromatic rings. The number of carbonyl (C=O) groups is 1. The minimum atomic E-state index is -0.190. The number of amides is 1. The number of carbonyl (C=O) groups excluding carboxylic acids is 1. The maximum Gasteiger partial charge on any atom is 0.234 e. The van der Waals surface area contributed by atoms with Gasteiger partial charge in [-0.05, 0) is 11.6 Å². The van der Waals surface area contributed by atoms with Gasteiger partial charge in [0.15, 0.2) is 5.82 Å². The smallest absolute Gasteiger partial charge is 0.234 e. The highest BCUT2D eigenvalue weighted by atomic mass is 32.2. The molecule has 3 rings (SSSR count). The Labute approximate surface area is 120 Å². The summed E-state index contributed by atoms with van der Waals surface area (Å²) in [5.41, 5.74) is 1.42. The lowest BCUT2D eigenvalue weighted by atomic mass is 10.0. The van der Waals surface area contributed by atoms with E-state index in [1.54, 1.807) is 25.0 Å². The number of nitrogens with zero attached hydrogens (tertiary/aromatic N) is 3. The van der Waals surface area contributed by atoms with Gasteiger partial charge in [0.2, 0.25) is 5.91 Å². The Morgan fingerprint density at radius 3 is 3.15 bits per heavy atom. The number of thioether (sulfide) groups is 1. The van der Waals surface area contributed by atoms with Crippen molar-refractivity contribution >= 4 is 23.5 Å². The number of rotatable bonds is 2. The third kappa shape index (κ3) is 2.17. The van der Waals surface area contributed by atoms with Crippen LogP contribution in [0.15, 0.2) is 35.4 Å². The van der Waals surface area contributed by atoms with Crippen molar-refractivity contribution in [3.8, 4) is 6.07 Å². The normalized spacial score (nSPS) is 16.5. The molecule has 1 N–H and O–H groups in total.